The smallest absolute Gasteiger partial charge is 0.248 e. The molecule has 7 nitrogen and oxygen atoms in total. The van der Waals surface area contributed by atoms with E-state index in [-0.39, 0.29) is 0 Å². The van der Waals surface area contributed by atoms with Crippen LogP contribution >= 0.6 is 0 Å². The van der Waals surface area contributed by atoms with Crippen LogP contribution in [0, 0.1) is 0 Å². The van der Waals surface area contributed by atoms with Crippen molar-refractivity contribution < 1.29 is 9.53 Å². The molecule has 3 aromatic rings. The fourth-order valence-corrected chi connectivity index (χ4v) is 2.22. The van der Waals surface area contributed by atoms with E-state index in [2.05, 4.69) is 20.6 Å². The van der Waals surface area contributed by atoms with Crippen molar-refractivity contribution in [2.24, 2.45) is 5.73 Å². The number of benzene rings is 2. The van der Waals surface area contributed by atoms with E-state index in [1.165, 1.54) is 0 Å². The Morgan fingerprint density at radius 1 is 1.04 bits per heavy atom. The van der Waals surface area contributed by atoms with Crippen LogP contribution in [0.2, 0.25) is 0 Å². The third-order valence-electron chi connectivity index (χ3n) is 3.40. The summed E-state index contributed by atoms with van der Waals surface area (Å²) >= 11 is 0. The Morgan fingerprint density at radius 2 is 1.80 bits per heavy atom. The fraction of sp³-hybridized carbons (Fsp3) is 0.0556. The van der Waals surface area contributed by atoms with Crippen LogP contribution in [-0.2, 0) is 0 Å². The molecule has 0 aliphatic carbocycles. The lowest BCUT2D eigenvalue weighted by atomic mass is 10.2. The number of carbonyl (C=O) groups excluding carboxylic acids is 1. The maximum absolute atomic E-state index is 11.3. The van der Waals surface area contributed by atoms with Crippen molar-refractivity contribution >= 4 is 29.0 Å². The number of aromatic nitrogens is 2. The molecule has 0 bridgehead atoms. The average molecular weight is 335 g/mol. The molecule has 126 valence electrons. The maximum Gasteiger partial charge on any atom is 0.248 e. The van der Waals surface area contributed by atoms with Crippen LogP contribution in [0.25, 0.3) is 0 Å². The van der Waals surface area contributed by atoms with E-state index in [0.29, 0.717) is 23.0 Å². The standard InChI is InChI=1S/C18H17N5O2/c1-25-15-7-3-6-14(11-15)21-16-8-9-20-18(23-16)22-13-5-2-4-12(10-13)17(19)24/h2-11H,1H3,(H2,19,24)(H2,20,21,22,23). The molecule has 1 heterocycles. The van der Waals surface area contributed by atoms with Crippen molar-refractivity contribution in [2.45, 2.75) is 0 Å². The molecule has 3 rings (SSSR count). The summed E-state index contributed by atoms with van der Waals surface area (Å²) < 4.78 is 5.20. The van der Waals surface area contributed by atoms with Gasteiger partial charge < -0.3 is 21.1 Å². The Kier molecular flexibility index (Phi) is 4.75. The molecule has 0 unspecified atom stereocenters. The van der Waals surface area contributed by atoms with E-state index in [9.17, 15) is 4.79 Å². The molecule has 0 saturated heterocycles. The minimum Gasteiger partial charge on any atom is -0.497 e. The largest absolute Gasteiger partial charge is 0.497 e. The van der Waals surface area contributed by atoms with Crippen LogP contribution in [0.5, 0.6) is 5.75 Å². The van der Waals surface area contributed by atoms with E-state index in [0.717, 1.165) is 11.4 Å². The summed E-state index contributed by atoms with van der Waals surface area (Å²) in [5.41, 5.74) is 7.23. The normalized spacial score (nSPS) is 10.1. The summed E-state index contributed by atoms with van der Waals surface area (Å²) in [5, 5.41) is 6.24. The molecule has 7 heteroatoms. The van der Waals surface area contributed by atoms with Crippen molar-refractivity contribution in [1.29, 1.82) is 0 Å². The fourth-order valence-electron chi connectivity index (χ4n) is 2.22. The van der Waals surface area contributed by atoms with Gasteiger partial charge in [-0.05, 0) is 36.4 Å². The zero-order chi connectivity index (χ0) is 17.6. The Labute approximate surface area is 144 Å². The zero-order valence-electron chi connectivity index (χ0n) is 13.6. The highest BCUT2D eigenvalue weighted by atomic mass is 16.5. The Bertz CT molecular complexity index is 898. The Morgan fingerprint density at radius 3 is 2.56 bits per heavy atom. The summed E-state index contributed by atoms with van der Waals surface area (Å²) in [7, 11) is 1.62. The quantitative estimate of drug-likeness (QED) is 0.640. The maximum atomic E-state index is 11.3. The third kappa shape index (κ3) is 4.23. The highest BCUT2D eigenvalue weighted by molar-refractivity contribution is 5.93. The third-order valence-corrected chi connectivity index (χ3v) is 3.40. The van der Waals surface area contributed by atoms with Crippen LogP contribution in [-0.4, -0.2) is 23.0 Å². The molecule has 2 aromatic carbocycles. The number of anilines is 4. The molecule has 25 heavy (non-hydrogen) atoms. The summed E-state index contributed by atoms with van der Waals surface area (Å²) in [6, 6.07) is 16.1. The number of nitrogens with zero attached hydrogens (tertiary/aromatic N) is 2. The minimum atomic E-state index is -0.488. The number of methoxy groups -OCH3 is 1. The molecular weight excluding hydrogens is 318 g/mol. The molecular formula is C18H17N5O2. The van der Waals surface area contributed by atoms with Crippen LogP contribution in [0.1, 0.15) is 10.4 Å². The van der Waals surface area contributed by atoms with Gasteiger partial charge in [0, 0.05) is 29.2 Å². The van der Waals surface area contributed by atoms with Gasteiger partial charge in [0.2, 0.25) is 11.9 Å². The van der Waals surface area contributed by atoms with E-state index in [4.69, 9.17) is 10.5 Å². The van der Waals surface area contributed by atoms with Crippen LogP contribution in [0.3, 0.4) is 0 Å². The van der Waals surface area contributed by atoms with Crippen molar-refractivity contribution in [3.05, 3.63) is 66.4 Å². The van der Waals surface area contributed by atoms with Gasteiger partial charge in [-0.25, -0.2) is 4.98 Å². The lowest BCUT2D eigenvalue weighted by Crippen LogP contribution is -2.11. The van der Waals surface area contributed by atoms with Gasteiger partial charge in [-0.15, -0.1) is 0 Å². The van der Waals surface area contributed by atoms with Crippen LogP contribution in [0.4, 0.5) is 23.1 Å². The van der Waals surface area contributed by atoms with E-state index in [1.807, 2.05) is 24.3 Å². The van der Waals surface area contributed by atoms with Crippen molar-refractivity contribution in [2.75, 3.05) is 17.7 Å². The monoisotopic (exact) mass is 335 g/mol. The molecule has 0 spiro atoms. The predicted molar refractivity (Wildman–Crippen MR) is 96.6 cm³/mol. The van der Waals surface area contributed by atoms with Gasteiger partial charge in [-0.2, -0.15) is 4.98 Å². The van der Waals surface area contributed by atoms with Gasteiger partial charge in [0.25, 0.3) is 0 Å². The molecule has 0 atom stereocenters. The van der Waals surface area contributed by atoms with Crippen molar-refractivity contribution in [3.8, 4) is 5.75 Å². The first-order valence-corrected chi connectivity index (χ1v) is 7.55. The van der Waals surface area contributed by atoms with Gasteiger partial charge in [-0.1, -0.05) is 12.1 Å². The van der Waals surface area contributed by atoms with Crippen LogP contribution < -0.4 is 21.1 Å². The molecule has 0 saturated carbocycles. The number of ether oxygens (including phenoxy) is 1. The number of amides is 1. The molecule has 0 aliphatic heterocycles. The first-order valence-electron chi connectivity index (χ1n) is 7.55. The molecule has 0 fully saturated rings. The molecule has 4 N–H and O–H groups in total. The lowest BCUT2D eigenvalue weighted by molar-refractivity contribution is 0.100. The second-order valence-electron chi connectivity index (χ2n) is 5.19. The SMILES string of the molecule is COc1cccc(Nc2ccnc(Nc3cccc(C(N)=O)c3)n2)c1. The number of primary amides is 1. The second-order valence-corrected chi connectivity index (χ2v) is 5.19. The highest BCUT2D eigenvalue weighted by Gasteiger charge is 2.04. The van der Waals surface area contributed by atoms with Gasteiger partial charge in [0.1, 0.15) is 11.6 Å². The van der Waals surface area contributed by atoms with Crippen molar-refractivity contribution in [3.63, 3.8) is 0 Å². The van der Waals surface area contributed by atoms with Gasteiger partial charge >= 0.3 is 0 Å². The summed E-state index contributed by atoms with van der Waals surface area (Å²) in [4.78, 5) is 19.8. The highest BCUT2D eigenvalue weighted by Crippen LogP contribution is 2.21. The summed E-state index contributed by atoms with van der Waals surface area (Å²) in [6.45, 7) is 0. The van der Waals surface area contributed by atoms with E-state index in [1.54, 1.807) is 43.6 Å². The van der Waals surface area contributed by atoms with Gasteiger partial charge in [0.05, 0.1) is 7.11 Å². The second kappa shape index (κ2) is 7.31. The number of carbonyl (C=O) groups is 1. The number of hydrogen-bond donors (Lipinski definition) is 3. The number of rotatable bonds is 6. The lowest BCUT2D eigenvalue weighted by Gasteiger charge is -2.09. The van der Waals surface area contributed by atoms with Crippen LogP contribution in [0.15, 0.2) is 60.8 Å². The van der Waals surface area contributed by atoms with E-state index < -0.39 is 5.91 Å². The minimum absolute atomic E-state index is 0.398. The van der Waals surface area contributed by atoms with E-state index >= 15 is 0 Å². The zero-order valence-corrected chi connectivity index (χ0v) is 13.6. The number of hydrogen-bond acceptors (Lipinski definition) is 6. The number of nitrogens with one attached hydrogen (secondary N) is 2. The average Bonchev–Trinajstić information content (AvgIpc) is 2.62. The predicted octanol–water partition coefficient (Wildman–Crippen LogP) is 3.07. The first-order chi connectivity index (χ1) is 12.1. The molecule has 0 aliphatic rings. The molecule has 0 radical (unpaired) electrons. The topological polar surface area (TPSA) is 102 Å². The summed E-state index contributed by atoms with van der Waals surface area (Å²) in [6.07, 6.45) is 1.63. The summed E-state index contributed by atoms with van der Waals surface area (Å²) in [5.74, 6) is 1.28. The van der Waals surface area contributed by atoms with Gasteiger partial charge in [-0.3, -0.25) is 4.79 Å². The first kappa shape index (κ1) is 16.3. The van der Waals surface area contributed by atoms with Crippen molar-refractivity contribution in [1.82, 2.24) is 9.97 Å². The molecule has 1 aromatic heterocycles. The number of nitrogens with two attached hydrogens (primary N) is 1. The molecule has 1 amide bonds. The Hall–Kier alpha value is -3.61. The van der Waals surface area contributed by atoms with Gasteiger partial charge in [0.15, 0.2) is 0 Å². The Balaban J connectivity index is 1.77.